The molecule has 0 aromatic rings. The molecule has 0 fully saturated rings. The summed E-state index contributed by atoms with van der Waals surface area (Å²) in [4.78, 5) is 24.6. The number of nitrogens with zero attached hydrogens (tertiary/aromatic N) is 1. The van der Waals surface area contributed by atoms with Crippen molar-refractivity contribution in [3.63, 3.8) is 0 Å². The lowest BCUT2D eigenvalue weighted by Crippen LogP contribution is -2.46. The van der Waals surface area contributed by atoms with Crippen LogP contribution in [0.4, 0.5) is 0 Å². The standard InChI is InChI=1S/C12H24N2O3/c1-5-10(6-2)7-14(8-11(15)17-4)12(16)9(3)13/h9-10H,5-8,13H2,1-4H3. The molecule has 0 saturated carbocycles. The number of nitrogens with two attached hydrogens (primary N) is 1. The first-order valence-electron chi connectivity index (χ1n) is 6.07. The summed E-state index contributed by atoms with van der Waals surface area (Å²) in [7, 11) is 1.31. The molecule has 0 aliphatic rings. The van der Waals surface area contributed by atoms with E-state index in [0.717, 1.165) is 12.8 Å². The second kappa shape index (κ2) is 8.06. The third-order valence-corrected chi connectivity index (χ3v) is 2.88. The van der Waals surface area contributed by atoms with Gasteiger partial charge in [0.1, 0.15) is 6.54 Å². The number of amides is 1. The summed E-state index contributed by atoms with van der Waals surface area (Å²) < 4.78 is 4.59. The van der Waals surface area contributed by atoms with Crippen LogP contribution in [-0.4, -0.2) is 43.0 Å². The molecule has 0 aliphatic heterocycles. The van der Waals surface area contributed by atoms with Gasteiger partial charge in [0.15, 0.2) is 0 Å². The summed E-state index contributed by atoms with van der Waals surface area (Å²) >= 11 is 0. The van der Waals surface area contributed by atoms with Crippen LogP contribution in [0.3, 0.4) is 0 Å². The van der Waals surface area contributed by atoms with E-state index in [2.05, 4.69) is 18.6 Å². The first-order chi connectivity index (χ1) is 7.96. The zero-order chi connectivity index (χ0) is 13.4. The van der Waals surface area contributed by atoms with Gasteiger partial charge in [0, 0.05) is 6.54 Å². The number of hydrogen-bond donors (Lipinski definition) is 1. The number of methoxy groups -OCH3 is 1. The molecule has 1 atom stereocenters. The molecule has 0 radical (unpaired) electrons. The molecule has 5 heteroatoms. The second-order valence-electron chi connectivity index (χ2n) is 4.27. The minimum Gasteiger partial charge on any atom is -0.468 e. The predicted molar refractivity (Wildman–Crippen MR) is 66.3 cm³/mol. The summed E-state index contributed by atoms with van der Waals surface area (Å²) in [6, 6.07) is -0.589. The van der Waals surface area contributed by atoms with E-state index in [-0.39, 0.29) is 12.5 Å². The first-order valence-corrected chi connectivity index (χ1v) is 6.07. The Bertz CT molecular complexity index is 250. The fraction of sp³-hybridized carbons (Fsp3) is 0.833. The lowest BCUT2D eigenvalue weighted by molar-refractivity contribution is -0.147. The fourth-order valence-corrected chi connectivity index (χ4v) is 1.60. The molecular formula is C12H24N2O3. The maximum atomic E-state index is 11.9. The maximum absolute atomic E-state index is 11.9. The molecule has 0 aliphatic carbocycles. The quantitative estimate of drug-likeness (QED) is 0.671. The van der Waals surface area contributed by atoms with Crippen molar-refractivity contribution in [2.75, 3.05) is 20.2 Å². The van der Waals surface area contributed by atoms with E-state index in [4.69, 9.17) is 5.73 Å². The van der Waals surface area contributed by atoms with Crippen LogP contribution in [0.15, 0.2) is 0 Å². The van der Waals surface area contributed by atoms with Crippen molar-refractivity contribution in [2.45, 2.75) is 39.7 Å². The average molecular weight is 244 g/mol. The molecule has 5 nitrogen and oxygen atoms in total. The van der Waals surface area contributed by atoms with Gasteiger partial charge in [-0.25, -0.2) is 0 Å². The van der Waals surface area contributed by atoms with Crippen LogP contribution < -0.4 is 5.73 Å². The third-order valence-electron chi connectivity index (χ3n) is 2.88. The van der Waals surface area contributed by atoms with Crippen LogP contribution >= 0.6 is 0 Å². The van der Waals surface area contributed by atoms with Gasteiger partial charge in [-0.3, -0.25) is 9.59 Å². The number of rotatable bonds is 7. The van der Waals surface area contributed by atoms with E-state index in [1.165, 1.54) is 12.0 Å². The highest BCUT2D eigenvalue weighted by molar-refractivity contribution is 5.85. The fourth-order valence-electron chi connectivity index (χ4n) is 1.60. The Kier molecular flexibility index (Phi) is 7.54. The van der Waals surface area contributed by atoms with Crippen molar-refractivity contribution < 1.29 is 14.3 Å². The molecule has 17 heavy (non-hydrogen) atoms. The number of hydrogen-bond acceptors (Lipinski definition) is 4. The number of carbonyl (C=O) groups is 2. The Morgan fingerprint density at radius 3 is 2.18 bits per heavy atom. The van der Waals surface area contributed by atoms with E-state index < -0.39 is 12.0 Å². The van der Waals surface area contributed by atoms with Crippen molar-refractivity contribution in [1.82, 2.24) is 4.90 Å². The number of esters is 1. The van der Waals surface area contributed by atoms with Gasteiger partial charge in [0.2, 0.25) is 5.91 Å². The molecule has 0 aromatic heterocycles. The van der Waals surface area contributed by atoms with E-state index in [0.29, 0.717) is 12.5 Å². The summed E-state index contributed by atoms with van der Waals surface area (Å²) in [5.74, 6) is -0.227. The zero-order valence-corrected chi connectivity index (χ0v) is 11.2. The maximum Gasteiger partial charge on any atom is 0.325 e. The van der Waals surface area contributed by atoms with Gasteiger partial charge in [-0.15, -0.1) is 0 Å². The zero-order valence-electron chi connectivity index (χ0n) is 11.2. The summed E-state index contributed by atoms with van der Waals surface area (Å²) in [6.45, 7) is 6.30. The smallest absolute Gasteiger partial charge is 0.325 e. The Morgan fingerprint density at radius 2 is 1.82 bits per heavy atom. The number of carbonyl (C=O) groups excluding carboxylic acids is 2. The van der Waals surface area contributed by atoms with Gasteiger partial charge in [0.05, 0.1) is 13.2 Å². The third kappa shape index (κ3) is 5.68. The van der Waals surface area contributed by atoms with E-state index in [1.54, 1.807) is 6.92 Å². The molecule has 0 bridgehead atoms. The van der Waals surface area contributed by atoms with Crippen LogP contribution in [0, 0.1) is 5.92 Å². The average Bonchev–Trinajstić information content (AvgIpc) is 2.32. The van der Waals surface area contributed by atoms with Crippen molar-refractivity contribution in [3.8, 4) is 0 Å². The van der Waals surface area contributed by atoms with Gasteiger partial charge in [-0.2, -0.15) is 0 Å². The van der Waals surface area contributed by atoms with Gasteiger partial charge in [-0.1, -0.05) is 26.7 Å². The number of ether oxygens (including phenoxy) is 1. The lowest BCUT2D eigenvalue weighted by atomic mass is 10.0. The molecular weight excluding hydrogens is 220 g/mol. The molecule has 100 valence electrons. The Labute approximate surface area is 103 Å². The van der Waals surface area contributed by atoms with Crippen molar-refractivity contribution in [1.29, 1.82) is 0 Å². The van der Waals surface area contributed by atoms with Crippen LogP contribution in [-0.2, 0) is 14.3 Å². The highest BCUT2D eigenvalue weighted by Gasteiger charge is 2.22. The normalized spacial score (nSPS) is 12.4. The molecule has 0 rings (SSSR count). The molecule has 0 spiro atoms. The molecule has 1 amide bonds. The van der Waals surface area contributed by atoms with Crippen molar-refractivity contribution >= 4 is 11.9 Å². The molecule has 1 unspecified atom stereocenters. The summed E-state index contributed by atoms with van der Waals surface area (Å²) in [5, 5.41) is 0. The van der Waals surface area contributed by atoms with Gasteiger partial charge >= 0.3 is 5.97 Å². The van der Waals surface area contributed by atoms with Gasteiger partial charge in [0.25, 0.3) is 0 Å². The first kappa shape index (κ1) is 15.9. The minimum absolute atomic E-state index is 0.0205. The predicted octanol–water partition coefficient (Wildman–Crippen LogP) is 0.771. The molecule has 2 N–H and O–H groups in total. The molecule has 0 aromatic carbocycles. The lowest BCUT2D eigenvalue weighted by Gasteiger charge is -2.27. The minimum atomic E-state index is -0.589. The largest absolute Gasteiger partial charge is 0.468 e. The Hall–Kier alpha value is -1.10. The summed E-state index contributed by atoms with van der Waals surface area (Å²) in [6.07, 6.45) is 1.95. The molecule has 0 saturated heterocycles. The van der Waals surface area contributed by atoms with Crippen LogP contribution in [0.25, 0.3) is 0 Å². The highest BCUT2D eigenvalue weighted by atomic mass is 16.5. The van der Waals surface area contributed by atoms with Crippen molar-refractivity contribution in [3.05, 3.63) is 0 Å². The summed E-state index contributed by atoms with van der Waals surface area (Å²) in [5.41, 5.74) is 5.57. The Balaban J connectivity index is 4.60. The van der Waals surface area contributed by atoms with Crippen LogP contribution in [0.5, 0.6) is 0 Å². The van der Waals surface area contributed by atoms with Gasteiger partial charge in [-0.05, 0) is 12.8 Å². The van der Waals surface area contributed by atoms with E-state index in [9.17, 15) is 9.59 Å². The van der Waals surface area contributed by atoms with E-state index in [1.807, 2.05) is 0 Å². The highest BCUT2D eigenvalue weighted by Crippen LogP contribution is 2.10. The van der Waals surface area contributed by atoms with Gasteiger partial charge < -0.3 is 15.4 Å². The monoisotopic (exact) mass is 244 g/mol. The Morgan fingerprint density at radius 1 is 1.29 bits per heavy atom. The van der Waals surface area contributed by atoms with E-state index >= 15 is 0 Å². The second-order valence-corrected chi connectivity index (χ2v) is 4.27. The molecule has 0 heterocycles. The SMILES string of the molecule is CCC(CC)CN(CC(=O)OC)C(=O)C(C)N. The topological polar surface area (TPSA) is 72.6 Å². The van der Waals surface area contributed by atoms with Crippen LogP contribution in [0.1, 0.15) is 33.6 Å². The van der Waals surface area contributed by atoms with Crippen LogP contribution in [0.2, 0.25) is 0 Å². The van der Waals surface area contributed by atoms with Crippen molar-refractivity contribution in [2.24, 2.45) is 11.7 Å².